The lowest BCUT2D eigenvalue weighted by Crippen LogP contribution is -2.23. The van der Waals surface area contributed by atoms with Crippen molar-refractivity contribution in [1.29, 1.82) is 0 Å². The maximum absolute atomic E-state index is 6.05. The van der Waals surface area contributed by atoms with Crippen LogP contribution in [0.5, 0.6) is 11.5 Å². The fraction of sp³-hybridized carbons (Fsp3) is 0.333. The molecule has 3 nitrogen and oxygen atoms in total. The van der Waals surface area contributed by atoms with Gasteiger partial charge in [0.2, 0.25) is 0 Å². The van der Waals surface area contributed by atoms with Gasteiger partial charge in [0.25, 0.3) is 0 Å². The monoisotopic (exact) mass is 283 g/mol. The van der Waals surface area contributed by atoms with Crippen molar-refractivity contribution in [2.24, 2.45) is 0 Å². The predicted octanol–water partition coefficient (Wildman–Crippen LogP) is 3.58. The Morgan fingerprint density at radius 1 is 1.14 bits per heavy atom. The van der Waals surface area contributed by atoms with E-state index >= 15 is 0 Å². The van der Waals surface area contributed by atoms with Gasteiger partial charge in [-0.3, -0.25) is 0 Å². The molecule has 1 unspecified atom stereocenters. The molecule has 0 saturated heterocycles. The van der Waals surface area contributed by atoms with Gasteiger partial charge in [0, 0.05) is 6.42 Å². The molecule has 1 heterocycles. The van der Waals surface area contributed by atoms with Gasteiger partial charge in [-0.1, -0.05) is 23.8 Å². The summed E-state index contributed by atoms with van der Waals surface area (Å²) in [6.07, 6.45) is 0.948. The van der Waals surface area contributed by atoms with Gasteiger partial charge in [-0.05, 0) is 49.6 Å². The molecule has 0 spiro atoms. The van der Waals surface area contributed by atoms with Crippen molar-refractivity contribution in [3.8, 4) is 11.5 Å². The van der Waals surface area contributed by atoms with Crippen molar-refractivity contribution < 1.29 is 9.47 Å². The summed E-state index contributed by atoms with van der Waals surface area (Å²) < 4.78 is 11.8. The second-order valence-electron chi connectivity index (χ2n) is 5.87. The minimum Gasteiger partial charge on any atom is -0.487 e. The molecule has 0 aromatic heterocycles. The van der Waals surface area contributed by atoms with E-state index in [9.17, 15) is 0 Å². The molecule has 1 aliphatic rings. The molecular formula is C18H21NO2. The third kappa shape index (κ3) is 2.82. The van der Waals surface area contributed by atoms with Crippen LogP contribution in [0.3, 0.4) is 0 Å². The molecule has 2 aromatic rings. The largest absolute Gasteiger partial charge is 0.487 e. The first kappa shape index (κ1) is 13.8. The Morgan fingerprint density at radius 2 is 1.95 bits per heavy atom. The molecule has 110 valence electrons. The quantitative estimate of drug-likeness (QED) is 0.876. The Kier molecular flexibility index (Phi) is 3.50. The van der Waals surface area contributed by atoms with Gasteiger partial charge >= 0.3 is 0 Å². The zero-order valence-electron chi connectivity index (χ0n) is 12.8. The Bertz CT molecular complexity index is 656. The van der Waals surface area contributed by atoms with Crippen LogP contribution < -0.4 is 15.2 Å². The zero-order chi connectivity index (χ0) is 15.0. The molecule has 0 bridgehead atoms. The Morgan fingerprint density at radius 3 is 2.71 bits per heavy atom. The number of ether oxygens (including phenoxy) is 2. The van der Waals surface area contributed by atoms with Crippen LogP contribution >= 0.6 is 0 Å². The fourth-order valence-corrected chi connectivity index (χ4v) is 2.90. The molecular weight excluding hydrogens is 262 g/mol. The average Bonchev–Trinajstić information content (AvgIpc) is 2.79. The van der Waals surface area contributed by atoms with E-state index in [1.165, 1.54) is 11.1 Å². The number of nitrogen functional groups attached to an aromatic ring is 1. The standard InChI is InChI=1S/C18H21NO2/c1-11-4-5-17-14(7-11)9-15(21-17)10-20-18-13(3)6-12(2)8-16(18)19/h4-8,15H,9-10,19H2,1-3H3. The van der Waals surface area contributed by atoms with Crippen molar-refractivity contribution in [3.05, 3.63) is 52.6 Å². The predicted molar refractivity (Wildman–Crippen MR) is 85.1 cm³/mol. The Labute approximate surface area is 125 Å². The molecule has 2 N–H and O–H groups in total. The number of benzene rings is 2. The summed E-state index contributed by atoms with van der Waals surface area (Å²) in [6.45, 7) is 6.67. The van der Waals surface area contributed by atoms with Gasteiger partial charge in [0.1, 0.15) is 24.2 Å². The molecule has 1 aliphatic heterocycles. The number of fused-ring (bicyclic) bond motifs is 1. The first-order valence-corrected chi connectivity index (χ1v) is 7.28. The van der Waals surface area contributed by atoms with E-state index < -0.39 is 0 Å². The highest BCUT2D eigenvalue weighted by molar-refractivity contribution is 5.58. The molecule has 0 amide bonds. The average molecular weight is 283 g/mol. The van der Waals surface area contributed by atoms with Crippen LogP contribution in [0.25, 0.3) is 0 Å². The highest BCUT2D eigenvalue weighted by atomic mass is 16.5. The summed E-state index contributed by atoms with van der Waals surface area (Å²) in [5.41, 5.74) is 11.5. The van der Waals surface area contributed by atoms with Crippen LogP contribution in [0.1, 0.15) is 22.3 Å². The molecule has 0 fully saturated rings. The molecule has 0 radical (unpaired) electrons. The van der Waals surface area contributed by atoms with Crippen LogP contribution in [-0.4, -0.2) is 12.7 Å². The lowest BCUT2D eigenvalue weighted by molar-refractivity contribution is 0.148. The number of nitrogens with two attached hydrogens (primary N) is 1. The summed E-state index contributed by atoms with van der Waals surface area (Å²) >= 11 is 0. The first-order valence-electron chi connectivity index (χ1n) is 7.28. The third-order valence-electron chi connectivity index (χ3n) is 3.82. The minimum absolute atomic E-state index is 0.0573. The van der Waals surface area contributed by atoms with E-state index in [2.05, 4.69) is 25.1 Å². The van der Waals surface area contributed by atoms with Crippen LogP contribution in [0, 0.1) is 20.8 Å². The van der Waals surface area contributed by atoms with Gasteiger partial charge in [0.05, 0.1) is 5.69 Å². The zero-order valence-corrected chi connectivity index (χ0v) is 12.8. The van der Waals surface area contributed by atoms with Crippen LogP contribution in [-0.2, 0) is 6.42 Å². The minimum atomic E-state index is 0.0573. The van der Waals surface area contributed by atoms with Gasteiger partial charge in [-0.15, -0.1) is 0 Å². The molecule has 2 aromatic carbocycles. The highest BCUT2D eigenvalue weighted by Crippen LogP contribution is 2.31. The molecule has 21 heavy (non-hydrogen) atoms. The van der Waals surface area contributed by atoms with E-state index in [1.807, 2.05) is 26.0 Å². The lowest BCUT2D eigenvalue weighted by atomic mass is 10.1. The van der Waals surface area contributed by atoms with Crippen molar-refractivity contribution in [1.82, 2.24) is 0 Å². The van der Waals surface area contributed by atoms with E-state index in [0.717, 1.165) is 29.0 Å². The summed E-state index contributed by atoms with van der Waals surface area (Å²) in [4.78, 5) is 0. The number of rotatable bonds is 3. The van der Waals surface area contributed by atoms with Crippen molar-refractivity contribution >= 4 is 5.69 Å². The van der Waals surface area contributed by atoms with Crippen LogP contribution in [0.4, 0.5) is 5.69 Å². The third-order valence-corrected chi connectivity index (χ3v) is 3.82. The molecule has 0 aliphatic carbocycles. The van der Waals surface area contributed by atoms with E-state index in [-0.39, 0.29) is 6.10 Å². The van der Waals surface area contributed by atoms with Crippen molar-refractivity contribution in [3.63, 3.8) is 0 Å². The Hall–Kier alpha value is -2.16. The molecule has 3 heteroatoms. The maximum atomic E-state index is 6.05. The maximum Gasteiger partial charge on any atom is 0.145 e. The Balaban J connectivity index is 1.68. The summed E-state index contributed by atoms with van der Waals surface area (Å²) in [6, 6.07) is 10.3. The van der Waals surface area contributed by atoms with Crippen LogP contribution in [0.15, 0.2) is 30.3 Å². The summed E-state index contributed by atoms with van der Waals surface area (Å²) in [5, 5.41) is 0. The lowest BCUT2D eigenvalue weighted by Gasteiger charge is -2.16. The van der Waals surface area contributed by atoms with E-state index in [1.54, 1.807) is 0 Å². The molecule has 0 saturated carbocycles. The first-order chi connectivity index (χ1) is 10.0. The number of anilines is 1. The normalized spacial score (nSPS) is 16.4. The number of aryl methyl sites for hydroxylation is 3. The van der Waals surface area contributed by atoms with Gasteiger partial charge < -0.3 is 15.2 Å². The second kappa shape index (κ2) is 5.32. The van der Waals surface area contributed by atoms with Crippen molar-refractivity contribution in [2.45, 2.75) is 33.3 Å². The van der Waals surface area contributed by atoms with Gasteiger partial charge in [-0.25, -0.2) is 0 Å². The summed E-state index contributed by atoms with van der Waals surface area (Å²) in [5.74, 6) is 1.75. The smallest absolute Gasteiger partial charge is 0.145 e. The van der Waals surface area contributed by atoms with Gasteiger partial charge in [-0.2, -0.15) is 0 Å². The number of hydrogen-bond acceptors (Lipinski definition) is 3. The van der Waals surface area contributed by atoms with Gasteiger partial charge in [0.15, 0.2) is 0 Å². The highest BCUT2D eigenvalue weighted by Gasteiger charge is 2.23. The molecule has 3 rings (SSSR count). The second-order valence-corrected chi connectivity index (χ2v) is 5.87. The van der Waals surface area contributed by atoms with E-state index in [4.69, 9.17) is 15.2 Å². The molecule has 1 atom stereocenters. The van der Waals surface area contributed by atoms with Crippen molar-refractivity contribution in [2.75, 3.05) is 12.3 Å². The van der Waals surface area contributed by atoms with E-state index in [0.29, 0.717) is 12.3 Å². The van der Waals surface area contributed by atoms with Crippen LogP contribution in [0.2, 0.25) is 0 Å². The fourth-order valence-electron chi connectivity index (χ4n) is 2.90. The number of hydrogen-bond donors (Lipinski definition) is 1. The SMILES string of the molecule is Cc1cc(C)c(OCC2Cc3cc(C)ccc3O2)c(N)c1. The summed E-state index contributed by atoms with van der Waals surface area (Å²) in [7, 11) is 0. The topological polar surface area (TPSA) is 44.5 Å².